The van der Waals surface area contributed by atoms with Crippen molar-refractivity contribution in [3.63, 3.8) is 0 Å². The highest BCUT2D eigenvalue weighted by Crippen LogP contribution is 2.27. The Kier molecular flexibility index (Phi) is 5.26. The van der Waals surface area contributed by atoms with Crippen LogP contribution in [0.5, 0.6) is 0 Å². The number of carbonyl (C=O) groups is 2. The van der Waals surface area contributed by atoms with E-state index in [4.69, 9.17) is 5.11 Å². The molecule has 0 aliphatic carbocycles. The Labute approximate surface area is 137 Å². The first-order valence-electron chi connectivity index (χ1n) is 6.96. The third kappa shape index (κ3) is 3.95. The zero-order chi connectivity index (χ0) is 17.7. The van der Waals surface area contributed by atoms with Crippen LogP contribution in [-0.2, 0) is 9.59 Å². The standard InChI is InChI=1S/C17H15FN2O4/c1-20(15(22)9-14(21)17(23)24)16(12-3-2-8-19-10-12)11-4-6-13(18)7-5-11/h2-10,16,21H,1H3,(H,23,24)/b14-9-. The fraction of sp³-hybridized carbons (Fsp3) is 0.118. The number of amides is 1. The Bertz CT molecular complexity index is 760. The molecule has 1 aromatic heterocycles. The molecule has 1 heterocycles. The van der Waals surface area contributed by atoms with Crippen LogP contribution in [0.15, 0.2) is 60.6 Å². The van der Waals surface area contributed by atoms with Crippen molar-refractivity contribution < 1.29 is 24.2 Å². The molecule has 2 rings (SSSR count). The summed E-state index contributed by atoms with van der Waals surface area (Å²) in [5.74, 6) is -3.79. The maximum absolute atomic E-state index is 13.2. The highest BCUT2D eigenvalue weighted by atomic mass is 19.1. The van der Waals surface area contributed by atoms with Crippen LogP contribution in [0.2, 0.25) is 0 Å². The molecule has 1 atom stereocenters. The summed E-state index contributed by atoms with van der Waals surface area (Å²) in [7, 11) is 1.45. The number of aromatic nitrogens is 1. The summed E-state index contributed by atoms with van der Waals surface area (Å²) in [6.07, 6.45) is 3.75. The molecule has 0 fully saturated rings. The quantitative estimate of drug-likeness (QED) is 0.648. The number of aliphatic hydroxyl groups excluding tert-OH is 1. The van der Waals surface area contributed by atoms with Gasteiger partial charge in [-0.05, 0) is 29.3 Å². The van der Waals surface area contributed by atoms with Crippen LogP contribution in [0.25, 0.3) is 0 Å². The van der Waals surface area contributed by atoms with E-state index in [1.165, 1.54) is 36.2 Å². The number of carboxylic acid groups (broad SMARTS) is 1. The lowest BCUT2D eigenvalue weighted by molar-refractivity contribution is -0.136. The van der Waals surface area contributed by atoms with Crippen LogP contribution < -0.4 is 0 Å². The van der Waals surface area contributed by atoms with E-state index in [0.29, 0.717) is 17.2 Å². The summed E-state index contributed by atoms with van der Waals surface area (Å²) in [6.45, 7) is 0. The Balaban J connectivity index is 2.43. The molecule has 0 bridgehead atoms. The minimum atomic E-state index is -1.60. The van der Waals surface area contributed by atoms with Gasteiger partial charge >= 0.3 is 5.97 Å². The number of nitrogens with zero attached hydrogens (tertiary/aromatic N) is 2. The van der Waals surface area contributed by atoms with E-state index in [1.54, 1.807) is 24.5 Å². The summed E-state index contributed by atoms with van der Waals surface area (Å²) >= 11 is 0. The van der Waals surface area contributed by atoms with E-state index in [1.807, 2.05) is 0 Å². The fourth-order valence-corrected chi connectivity index (χ4v) is 2.23. The number of benzene rings is 1. The number of halogens is 1. The zero-order valence-electron chi connectivity index (χ0n) is 12.8. The Morgan fingerprint density at radius 2 is 1.83 bits per heavy atom. The maximum Gasteiger partial charge on any atom is 0.371 e. The summed E-state index contributed by atoms with van der Waals surface area (Å²) in [6, 6.07) is 8.39. The van der Waals surface area contributed by atoms with Gasteiger partial charge in [0, 0.05) is 19.4 Å². The third-order valence-corrected chi connectivity index (χ3v) is 3.40. The minimum absolute atomic E-state index is 0.416. The number of hydrogen-bond donors (Lipinski definition) is 2. The molecule has 0 spiro atoms. The van der Waals surface area contributed by atoms with Crippen LogP contribution in [-0.4, -0.2) is 39.0 Å². The van der Waals surface area contributed by atoms with Gasteiger partial charge in [-0.3, -0.25) is 9.78 Å². The number of pyridine rings is 1. The second-order valence-corrected chi connectivity index (χ2v) is 5.02. The maximum atomic E-state index is 13.2. The van der Waals surface area contributed by atoms with Crippen molar-refractivity contribution in [2.45, 2.75) is 6.04 Å². The van der Waals surface area contributed by atoms with E-state index in [0.717, 1.165) is 0 Å². The fourth-order valence-electron chi connectivity index (χ4n) is 2.23. The molecule has 2 aromatic rings. The van der Waals surface area contributed by atoms with Gasteiger partial charge in [0.05, 0.1) is 12.1 Å². The van der Waals surface area contributed by atoms with E-state index >= 15 is 0 Å². The molecular weight excluding hydrogens is 315 g/mol. The predicted molar refractivity (Wildman–Crippen MR) is 83.6 cm³/mol. The molecule has 0 saturated carbocycles. The Morgan fingerprint density at radius 1 is 1.17 bits per heavy atom. The van der Waals surface area contributed by atoms with Crippen molar-refractivity contribution in [2.75, 3.05) is 7.05 Å². The zero-order valence-corrected chi connectivity index (χ0v) is 12.8. The Morgan fingerprint density at radius 3 is 2.38 bits per heavy atom. The van der Waals surface area contributed by atoms with Gasteiger partial charge in [0.15, 0.2) is 0 Å². The molecule has 6 nitrogen and oxygen atoms in total. The van der Waals surface area contributed by atoms with Gasteiger partial charge in [-0.2, -0.15) is 0 Å². The topological polar surface area (TPSA) is 90.7 Å². The molecule has 124 valence electrons. The van der Waals surface area contributed by atoms with Crippen LogP contribution in [0.1, 0.15) is 17.2 Å². The smallest absolute Gasteiger partial charge is 0.371 e. The lowest BCUT2D eigenvalue weighted by atomic mass is 9.98. The van der Waals surface area contributed by atoms with Crippen molar-refractivity contribution in [2.24, 2.45) is 0 Å². The van der Waals surface area contributed by atoms with Gasteiger partial charge in [0.2, 0.25) is 5.76 Å². The molecule has 7 heteroatoms. The lowest BCUT2D eigenvalue weighted by Crippen LogP contribution is -2.31. The van der Waals surface area contributed by atoms with Crippen LogP contribution in [0.4, 0.5) is 4.39 Å². The number of hydrogen-bond acceptors (Lipinski definition) is 4. The molecule has 0 radical (unpaired) electrons. The monoisotopic (exact) mass is 330 g/mol. The van der Waals surface area contributed by atoms with Crippen molar-refractivity contribution in [1.29, 1.82) is 0 Å². The molecular formula is C17H15FN2O4. The second-order valence-electron chi connectivity index (χ2n) is 5.02. The second kappa shape index (κ2) is 7.36. The highest BCUT2D eigenvalue weighted by molar-refractivity contribution is 5.96. The third-order valence-electron chi connectivity index (χ3n) is 3.40. The average Bonchev–Trinajstić information content (AvgIpc) is 2.57. The highest BCUT2D eigenvalue weighted by Gasteiger charge is 2.24. The summed E-state index contributed by atoms with van der Waals surface area (Å²) in [4.78, 5) is 28.2. The van der Waals surface area contributed by atoms with Gasteiger partial charge in [0.1, 0.15) is 5.82 Å². The van der Waals surface area contributed by atoms with Crippen LogP contribution in [0, 0.1) is 5.82 Å². The molecule has 24 heavy (non-hydrogen) atoms. The molecule has 1 unspecified atom stereocenters. The first-order valence-corrected chi connectivity index (χ1v) is 6.96. The first-order chi connectivity index (χ1) is 11.4. The van der Waals surface area contributed by atoms with Gasteiger partial charge in [0.25, 0.3) is 5.91 Å². The van der Waals surface area contributed by atoms with E-state index in [2.05, 4.69) is 4.98 Å². The lowest BCUT2D eigenvalue weighted by Gasteiger charge is -2.28. The molecule has 0 aliphatic rings. The van der Waals surface area contributed by atoms with Crippen molar-refractivity contribution in [3.05, 3.63) is 77.6 Å². The van der Waals surface area contributed by atoms with Crippen molar-refractivity contribution in [1.82, 2.24) is 9.88 Å². The molecule has 1 aromatic carbocycles. The van der Waals surface area contributed by atoms with Crippen LogP contribution in [0.3, 0.4) is 0 Å². The molecule has 2 N–H and O–H groups in total. The minimum Gasteiger partial charge on any atom is -0.502 e. The number of aliphatic hydroxyl groups is 1. The molecule has 0 aliphatic heterocycles. The van der Waals surface area contributed by atoms with Crippen molar-refractivity contribution >= 4 is 11.9 Å². The SMILES string of the molecule is CN(C(=O)/C=C(\O)C(=O)O)C(c1ccc(F)cc1)c1cccnc1. The van der Waals surface area contributed by atoms with Gasteiger partial charge in [-0.25, -0.2) is 9.18 Å². The van der Waals surface area contributed by atoms with Gasteiger partial charge in [-0.15, -0.1) is 0 Å². The number of carboxylic acids is 1. The molecule has 0 saturated heterocycles. The number of carbonyl (C=O) groups excluding carboxylic acids is 1. The normalized spacial score (nSPS) is 12.5. The van der Waals surface area contributed by atoms with E-state index < -0.39 is 29.5 Å². The summed E-state index contributed by atoms with van der Waals surface area (Å²) in [5.41, 5.74) is 1.27. The number of rotatable bonds is 5. The van der Waals surface area contributed by atoms with E-state index in [-0.39, 0.29) is 0 Å². The average molecular weight is 330 g/mol. The van der Waals surface area contributed by atoms with E-state index in [9.17, 15) is 19.1 Å². The van der Waals surface area contributed by atoms with Gasteiger partial charge < -0.3 is 15.1 Å². The molecule has 1 amide bonds. The summed E-state index contributed by atoms with van der Waals surface area (Å²) < 4.78 is 13.2. The number of likely N-dealkylation sites (N-methyl/N-ethyl adjacent to an activating group) is 1. The largest absolute Gasteiger partial charge is 0.502 e. The Hall–Kier alpha value is -3.22. The summed E-state index contributed by atoms with van der Waals surface area (Å²) in [5, 5.41) is 17.9. The predicted octanol–water partition coefficient (Wildman–Crippen LogP) is 2.29. The first kappa shape index (κ1) is 17.1. The van der Waals surface area contributed by atoms with Gasteiger partial charge in [-0.1, -0.05) is 18.2 Å². The van der Waals surface area contributed by atoms with Crippen molar-refractivity contribution in [3.8, 4) is 0 Å². The van der Waals surface area contributed by atoms with Crippen LogP contribution >= 0.6 is 0 Å². The number of aliphatic carboxylic acids is 1.